The number of hydrogen-bond donors (Lipinski definition) is 1. The third kappa shape index (κ3) is 4.80. The van der Waals surface area contributed by atoms with E-state index in [4.69, 9.17) is 10.1 Å². The maximum atomic E-state index is 4.94. The van der Waals surface area contributed by atoms with Gasteiger partial charge in [0.1, 0.15) is 5.82 Å². The van der Waals surface area contributed by atoms with Crippen LogP contribution in [-0.2, 0) is 7.05 Å². The Morgan fingerprint density at radius 3 is 2.51 bits per heavy atom. The molecule has 35 heavy (non-hydrogen) atoms. The molecule has 0 amide bonds. The summed E-state index contributed by atoms with van der Waals surface area (Å²) in [6, 6.07) is 8.70. The van der Waals surface area contributed by atoms with Crippen LogP contribution in [-0.4, -0.2) is 30.9 Å². The first-order valence-electron chi connectivity index (χ1n) is 13.5. The lowest BCUT2D eigenvalue weighted by Gasteiger charge is -2.25. The van der Waals surface area contributed by atoms with E-state index in [-0.39, 0.29) is 0 Å². The summed E-state index contributed by atoms with van der Waals surface area (Å²) >= 11 is 0. The summed E-state index contributed by atoms with van der Waals surface area (Å²) in [5.74, 6) is 2.70. The highest BCUT2D eigenvalue weighted by Gasteiger charge is 2.20. The summed E-state index contributed by atoms with van der Waals surface area (Å²) in [5, 5.41) is 14.5. The van der Waals surface area contributed by atoms with Crippen LogP contribution in [0.5, 0.6) is 0 Å². The van der Waals surface area contributed by atoms with Crippen LogP contribution >= 0.6 is 0 Å². The normalized spacial score (nSPS) is 19.2. The minimum absolute atomic E-state index is 0.727. The number of hydrogen-bond acceptors (Lipinski definition) is 4. The van der Waals surface area contributed by atoms with Crippen LogP contribution in [0.25, 0.3) is 27.7 Å². The molecule has 2 atom stereocenters. The molecule has 0 aliphatic heterocycles. The Balaban J connectivity index is 1.43. The Morgan fingerprint density at radius 2 is 1.71 bits per heavy atom. The molecular weight excluding hydrogens is 432 g/mol. The second-order valence-corrected chi connectivity index (χ2v) is 10.7. The summed E-state index contributed by atoms with van der Waals surface area (Å²) in [5.41, 5.74) is 7.38. The summed E-state index contributed by atoms with van der Waals surface area (Å²) in [6.07, 6.45) is 10.9. The fourth-order valence-electron chi connectivity index (χ4n) is 6.08. The highest BCUT2D eigenvalue weighted by Crippen LogP contribution is 2.33. The number of rotatable bonds is 6. The molecule has 0 spiro atoms. The van der Waals surface area contributed by atoms with Crippen molar-refractivity contribution < 1.29 is 0 Å². The van der Waals surface area contributed by atoms with Crippen LogP contribution in [0.1, 0.15) is 75.4 Å². The molecule has 5 rings (SSSR count). The van der Waals surface area contributed by atoms with Crippen molar-refractivity contribution in [3.05, 3.63) is 41.3 Å². The largest absolute Gasteiger partial charge is 0.370 e. The minimum Gasteiger partial charge on any atom is -0.370 e. The standard InChI is InChI=1S/C29H40N6/c1-6-9-22-10-7-8-11-23(13-12-22)18-30-27-16-19(2)31-29-28(21(4)33-35(27)29)24-14-15-26-25(17-24)20(3)32-34(26)5/h14-17,22-23,30H,6-13,18H2,1-5H3. The third-order valence-electron chi connectivity index (χ3n) is 7.94. The van der Waals surface area contributed by atoms with Gasteiger partial charge in [0, 0.05) is 36.3 Å². The van der Waals surface area contributed by atoms with Gasteiger partial charge in [0.2, 0.25) is 0 Å². The number of benzene rings is 1. The second kappa shape index (κ2) is 10.00. The van der Waals surface area contributed by atoms with Crippen molar-refractivity contribution in [2.45, 2.75) is 79.1 Å². The van der Waals surface area contributed by atoms with Gasteiger partial charge in [-0.1, -0.05) is 51.5 Å². The summed E-state index contributed by atoms with van der Waals surface area (Å²) in [6.45, 7) is 9.57. The van der Waals surface area contributed by atoms with Crippen LogP contribution in [0.4, 0.5) is 5.82 Å². The van der Waals surface area contributed by atoms with E-state index < -0.39 is 0 Å². The molecule has 6 nitrogen and oxygen atoms in total. The fourth-order valence-corrected chi connectivity index (χ4v) is 6.08. The van der Waals surface area contributed by atoms with Crippen molar-refractivity contribution in [3.63, 3.8) is 0 Å². The molecular formula is C29H40N6. The van der Waals surface area contributed by atoms with Crippen LogP contribution in [0.15, 0.2) is 24.3 Å². The van der Waals surface area contributed by atoms with E-state index in [2.05, 4.69) is 62.4 Å². The van der Waals surface area contributed by atoms with Gasteiger partial charge in [0.05, 0.1) is 16.9 Å². The molecule has 1 aliphatic rings. The van der Waals surface area contributed by atoms with Crippen molar-refractivity contribution in [1.29, 1.82) is 0 Å². The molecule has 3 heterocycles. The average molecular weight is 473 g/mol. The van der Waals surface area contributed by atoms with Gasteiger partial charge in [-0.05, 0) is 63.1 Å². The lowest BCUT2D eigenvalue weighted by atomic mass is 9.83. The van der Waals surface area contributed by atoms with Gasteiger partial charge in [-0.15, -0.1) is 0 Å². The molecule has 0 saturated heterocycles. The number of aromatic nitrogens is 5. The maximum Gasteiger partial charge on any atom is 0.165 e. The van der Waals surface area contributed by atoms with E-state index in [9.17, 15) is 0 Å². The SMILES string of the molecule is CCCC1CCCCC(CNc2cc(C)nc3c(-c4ccc5c(c4)c(C)nn5C)c(C)nn23)CC1. The zero-order valence-corrected chi connectivity index (χ0v) is 22.1. The van der Waals surface area contributed by atoms with Gasteiger partial charge in [-0.25, -0.2) is 4.98 Å². The van der Waals surface area contributed by atoms with Crippen molar-refractivity contribution in [2.24, 2.45) is 18.9 Å². The summed E-state index contributed by atoms with van der Waals surface area (Å²) in [7, 11) is 2.00. The predicted octanol–water partition coefficient (Wildman–Crippen LogP) is 7.01. The highest BCUT2D eigenvalue weighted by molar-refractivity contribution is 5.90. The number of nitrogens with one attached hydrogen (secondary N) is 1. The molecule has 4 aromatic rings. The molecule has 1 N–H and O–H groups in total. The van der Waals surface area contributed by atoms with Crippen LogP contribution in [0.2, 0.25) is 0 Å². The van der Waals surface area contributed by atoms with Crippen molar-refractivity contribution in [3.8, 4) is 11.1 Å². The molecule has 1 fully saturated rings. The zero-order chi connectivity index (χ0) is 24.5. The maximum absolute atomic E-state index is 4.94. The second-order valence-electron chi connectivity index (χ2n) is 10.7. The summed E-state index contributed by atoms with van der Waals surface area (Å²) in [4.78, 5) is 4.93. The first-order valence-corrected chi connectivity index (χ1v) is 13.5. The Morgan fingerprint density at radius 1 is 0.943 bits per heavy atom. The van der Waals surface area contributed by atoms with E-state index in [1.807, 2.05) is 16.2 Å². The van der Waals surface area contributed by atoms with Gasteiger partial charge in [-0.3, -0.25) is 4.68 Å². The van der Waals surface area contributed by atoms with E-state index in [0.717, 1.165) is 63.6 Å². The summed E-state index contributed by atoms with van der Waals surface area (Å²) < 4.78 is 3.96. The van der Waals surface area contributed by atoms with Crippen LogP contribution < -0.4 is 5.32 Å². The predicted molar refractivity (Wildman–Crippen MR) is 145 cm³/mol. The molecule has 2 unspecified atom stereocenters. The van der Waals surface area contributed by atoms with Crippen molar-refractivity contribution in [2.75, 3.05) is 11.9 Å². The van der Waals surface area contributed by atoms with Gasteiger partial charge < -0.3 is 5.32 Å². The topological polar surface area (TPSA) is 60.0 Å². The zero-order valence-electron chi connectivity index (χ0n) is 22.1. The Labute approximate surface area is 209 Å². The van der Waals surface area contributed by atoms with Crippen molar-refractivity contribution >= 4 is 22.4 Å². The first-order chi connectivity index (χ1) is 16.9. The number of aryl methyl sites for hydroxylation is 4. The van der Waals surface area contributed by atoms with Gasteiger partial charge in [0.15, 0.2) is 5.65 Å². The monoisotopic (exact) mass is 472 g/mol. The highest BCUT2D eigenvalue weighted by atomic mass is 15.3. The van der Waals surface area contributed by atoms with Crippen molar-refractivity contribution in [1.82, 2.24) is 24.4 Å². The lowest BCUT2D eigenvalue weighted by molar-refractivity contribution is 0.306. The quantitative estimate of drug-likeness (QED) is 0.328. The molecule has 0 radical (unpaired) electrons. The number of fused-ring (bicyclic) bond motifs is 2. The number of nitrogens with zero attached hydrogens (tertiary/aromatic N) is 5. The van der Waals surface area contributed by atoms with E-state index in [1.54, 1.807) is 0 Å². The molecule has 1 aliphatic carbocycles. The molecule has 0 bridgehead atoms. The number of anilines is 1. The van der Waals surface area contributed by atoms with Gasteiger partial charge >= 0.3 is 0 Å². The molecule has 186 valence electrons. The van der Waals surface area contributed by atoms with Crippen LogP contribution in [0.3, 0.4) is 0 Å². The Hall–Kier alpha value is -2.89. The molecule has 3 aromatic heterocycles. The van der Waals surface area contributed by atoms with E-state index >= 15 is 0 Å². The molecule has 1 saturated carbocycles. The Kier molecular flexibility index (Phi) is 6.81. The van der Waals surface area contributed by atoms with Gasteiger partial charge in [-0.2, -0.15) is 14.7 Å². The van der Waals surface area contributed by atoms with Gasteiger partial charge in [0.25, 0.3) is 0 Å². The van der Waals surface area contributed by atoms with Crippen LogP contribution in [0, 0.1) is 32.6 Å². The third-order valence-corrected chi connectivity index (χ3v) is 7.94. The fraction of sp³-hybridized carbons (Fsp3) is 0.552. The average Bonchev–Trinajstić information content (AvgIpc) is 3.29. The molecule has 6 heteroatoms. The van der Waals surface area contributed by atoms with E-state index in [1.165, 1.54) is 56.8 Å². The smallest absolute Gasteiger partial charge is 0.165 e. The minimum atomic E-state index is 0.727. The first kappa shape index (κ1) is 23.8. The van der Waals surface area contributed by atoms with E-state index in [0.29, 0.717) is 0 Å². The lowest BCUT2D eigenvalue weighted by Crippen LogP contribution is -2.19. The Bertz CT molecular complexity index is 1330. The molecule has 1 aromatic carbocycles.